The van der Waals surface area contributed by atoms with Gasteiger partial charge >= 0.3 is 11.9 Å². The molecule has 3 atom stereocenters. The van der Waals surface area contributed by atoms with E-state index in [4.69, 9.17) is 18.9 Å². The van der Waals surface area contributed by atoms with Crippen molar-refractivity contribution in [1.82, 2.24) is 0 Å². The van der Waals surface area contributed by atoms with E-state index >= 15 is 0 Å². The van der Waals surface area contributed by atoms with Crippen LogP contribution in [0.5, 0.6) is 0 Å². The van der Waals surface area contributed by atoms with Gasteiger partial charge in [0.15, 0.2) is 5.79 Å². The molecule has 6 nitrogen and oxygen atoms in total. The zero-order valence-electron chi connectivity index (χ0n) is 16.5. The molecule has 0 amide bonds. The quantitative estimate of drug-likeness (QED) is 0.541. The molecule has 3 unspecified atom stereocenters. The Hall–Kier alpha value is -1.40. The molecule has 0 spiro atoms. The zero-order valence-corrected chi connectivity index (χ0v) is 16.5. The van der Waals surface area contributed by atoms with E-state index in [1.165, 1.54) is 0 Å². The van der Waals surface area contributed by atoms with Crippen LogP contribution in [0, 0.1) is 23.2 Å². The van der Waals surface area contributed by atoms with Gasteiger partial charge in [-0.25, -0.2) is 4.79 Å². The summed E-state index contributed by atoms with van der Waals surface area (Å²) in [6.07, 6.45) is 4.18. The number of hydrogen-bond acceptors (Lipinski definition) is 6. The minimum absolute atomic E-state index is 0.0842. The third-order valence-electron chi connectivity index (χ3n) is 6.68. The minimum atomic E-state index is -0.613. The van der Waals surface area contributed by atoms with Crippen molar-refractivity contribution < 1.29 is 28.5 Å². The summed E-state index contributed by atoms with van der Waals surface area (Å²) < 4.78 is 22.7. The van der Waals surface area contributed by atoms with Crippen LogP contribution in [-0.2, 0) is 28.5 Å². The van der Waals surface area contributed by atoms with E-state index in [0.29, 0.717) is 18.1 Å². The summed E-state index contributed by atoms with van der Waals surface area (Å²) >= 11 is 0. The van der Waals surface area contributed by atoms with E-state index in [9.17, 15) is 9.59 Å². The van der Waals surface area contributed by atoms with Crippen LogP contribution in [0.15, 0.2) is 12.2 Å². The van der Waals surface area contributed by atoms with Crippen molar-refractivity contribution in [2.24, 2.45) is 23.2 Å². The molecule has 5 aliphatic rings. The van der Waals surface area contributed by atoms with Gasteiger partial charge in [-0.1, -0.05) is 6.58 Å². The largest absolute Gasteiger partial charge is 0.462 e. The minimum Gasteiger partial charge on any atom is -0.462 e. The SMILES string of the molecule is C=C(C)C(=O)OC1C2CC3CC1CC(C(=O)OCC1COC(C)(C)O1)(C3)C2. The Kier molecular flexibility index (Phi) is 4.62. The van der Waals surface area contributed by atoms with Gasteiger partial charge in [0.25, 0.3) is 0 Å². The van der Waals surface area contributed by atoms with Crippen LogP contribution < -0.4 is 0 Å². The number of rotatable bonds is 5. The fourth-order valence-corrected chi connectivity index (χ4v) is 5.81. The Labute approximate surface area is 160 Å². The topological polar surface area (TPSA) is 71.1 Å². The molecular weight excluding hydrogens is 348 g/mol. The second-order valence-corrected chi connectivity index (χ2v) is 9.45. The van der Waals surface area contributed by atoms with Gasteiger partial charge in [-0.15, -0.1) is 0 Å². The van der Waals surface area contributed by atoms with Crippen LogP contribution in [-0.4, -0.2) is 43.1 Å². The Morgan fingerprint density at radius 1 is 1.15 bits per heavy atom. The highest BCUT2D eigenvalue weighted by atomic mass is 16.7. The highest BCUT2D eigenvalue weighted by Crippen LogP contribution is 2.61. The Morgan fingerprint density at radius 3 is 2.37 bits per heavy atom. The molecule has 150 valence electrons. The first-order chi connectivity index (χ1) is 12.7. The highest BCUT2D eigenvalue weighted by molar-refractivity contribution is 5.87. The lowest BCUT2D eigenvalue weighted by atomic mass is 9.48. The Morgan fingerprint density at radius 2 is 1.81 bits per heavy atom. The molecule has 4 aliphatic carbocycles. The molecule has 0 aromatic rings. The number of ether oxygens (including phenoxy) is 4. The lowest BCUT2D eigenvalue weighted by Gasteiger charge is -2.57. The van der Waals surface area contributed by atoms with Gasteiger partial charge in [0.1, 0.15) is 18.8 Å². The van der Waals surface area contributed by atoms with E-state index in [-0.39, 0.29) is 42.6 Å². The van der Waals surface area contributed by atoms with E-state index in [1.54, 1.807) is 6.92 Å². The van der Waals surface area contributed by atoms with E-state index in [0.717, 1.165) is 32.1 Å². The Balaban J connectivity index is 1.39. The molecule has 4 bridgehead atoms. The predicted molar refractivity (Wildman–Crippen MR) is 96.5 cm³/mol. The number of esters is 2. The molecule has 0 aromatic heterocycles. The second kappa shape index (κ2) is 6.59. The summed E-state index contributed by atoms with van der Waals surface area (Å²) in [5, 5.41) is 0. The van der Waals surface area contributed by atoms with Crippen molar-refractivity contribution >= 4 is 11.9 Å². The molecular formula is C21H30O6. The molecule has 0 aromatic carbocycles. The fourth-order valence-electron chi connectivity index (χ4n) is 5.81. The van der Waals surface area contributed by atoms with Crippen molar-refractivity contribution in [3.05, 3.63) is 12.2 Å². The predicted octanol–water partition coefficient (Wildman–Crippen LogP) is 3.00. The van der Waals surface area contributed by atoms with Crippen molar-refractivity contribution in [2.45, 2.75) is 70.9 Å². The molecule has 6 heteroatoms. The second-order valence-electron chi connectivity index (χ2n) is 9.45. The molecule has 4 saturated carbocycles. The molecule has 1 aliphatic heterocycles. The maximum atomic E-state index is 13.0. The van der Waals surface area contributed by atoms with Gasteiger partial charge in [-0.2, -0.15) is 0 Å². The maximum absolute atomic E-state index is 13.0. The Bertz CT molecular complexity index is 637. The average molecular weight is 378 g/mol. The molecule has 5 fully saturated rings. The maximum Gasteiger partial charge on any atom is 0.333 e. The first-order valence-corrected chi connectivity index (χ1v) is 10.0. The van der Waals surface area contributed by atoms with Gasteiger partial charge in [-0.05, 0) is 70.6 Å². The lowest BCUT2D eigenvalue weighted by Crippen LogP contribution is -2.57. The lowest BCUT2D eigenvalue weighted by molar-refractivity contribution is -0.197. The highest BCUT2D eigenvalue weighted by Gasteiger charge is 2.60. The first kappa shape index (κ1) is 18.9. The van der Waals surface area contributed by atoms with Crippen LogP contribution in [0.4, 0.5) is 0 Å². The van der Waals surface area contributed by atoms with Crippen molar-refractivity contribution in [2.75, 3.05) is 13.2 Å². The first-order valence-electron chi connectivity index (χ1n) is 10.0. The summed E-state index contributed by atoms with van der Waals surface area (Å²) in [5.41, 5.74) is 0.0112. The van der Waals surface area contributed by atoms with Crippen LogP contribution >= 0.6 is 0 Å². The van der Waals surface area contributed by atoms with Crippen LogP contribution in [0.3, 0.4) is 0 Å². The molecule has 1 heterocycles. The molecule has 27 heavy (non-hydrogen) atoms. The van der Waals surface area contributed by atoms with Gasteiger partial charge in [-0.3, -0.25) is 4.79 Å². The van der Waals surface area contributed by atoms with Crippen LogP contribution in [0.1, 0.15) is 52.9 Å². The van der Waals surface area contributed by atoms with Gasteiger partial charge < -0.3 is 18.9 Å². The fraction of sp³-hybridized carbons (Fsp3) is 0.810. The van der Waals surface area contributed by atoms with Crippen molar-refractivity contribution in [3.8, 4) is 0 Å². The van der Waals surface area contributed by atoms with Gasteiger partial charge in [0.2, 0.25) is 0 Å². The third-order valence-corrected chi connectivity index (χ3v) is 6.68. The van der Waals surface area contributed by atoms with Crippen molar-refractivity contribution in [1.29, 1.82) is 0 Å². The smallest absolute Gasteiger partial charge is 0.333 e. The van der Waals surface area contributed by atoms with Crippen LogP contribution in [0.2, 0.25) is 0 Å². The number of hydrogen-bond donors (Lipinski definition) is 0. The molecule has 0 radical (unpaired) electrons. The summed E-state index contributed by atoms with van der Waals surface area (Å²) in [4.78, 5) is 25.0. The molecule has 0 N–H and O–H groups in total. The average Bonchev–Trinajstić information content (AvgIpc) is 2.94. The third kappa shape index (κ3) is 3.54. The van der Waals surface area contributed by atoms with Gasteiger partial charge in [0.05, 0.1) is 12.0 Å². The zero-order chi connectivity index (χ0) is 19.4. The normalized spacial score (nSPS) is 41.4. The number of carbonyl (C=O) groups excluding carboxylic acids is 2. The monoisotopic (exact) mass is 378 g/mol. The van der Waals surface area contributed by atoms with Crippen LogP contribution in [0.25, 0.3) is 0 Å². The summed E-state index contributed by atoms with van der Waals surface area (Å²) in [5.74, 6) is -0.0167. The summed E-state index contributed by atoms with van der Waals surface area (Å²) in [6.45, 7) is 9.76. The van der Waals surface area contributed by atoms with Gasteiger partial charge in [0, 0.05) is 5.57 Å². The summed E-state index contributed by atoms with van der Waals surface area (Å²) in [6, 6.07) is 0. The van der Waals surface area contributed by atoms with E-state index in [2.05, 4.69) is 6.58 Å². The molecule has 5 rings (SSSR count). The van der Waals surface area contributed by atoms with Crippen molar-refractivity contribution in [3.63, 3.8) is 0 Å². The summed E-state index contributed by atoms with van der Waals surface area (Å²) in [7, 11) is 0. The van der Waals surface area contributed by atoms with E-state index < -0.39 is 11.2 Å². The standard InChI is InChI=1S/C21H30O6/c1-12(2)18(22)26-17-14-5-13-6-15(17)9-21(7-13,8-14)19(23)24-10-16-11-25-20(3,4)27-16/h13-17H,1,5-11H2,2-4H3. The number of carbonyl (C=O) groups is 2. The molecule has 1 saturated heterocycles. The van der Waals surface area contributed by atoms with E-state index in [1.807, 2.05) is 13.8 Å².